The summed E-state index contributed by atoms with van der Waals surface area (Å²) >= 11 is 6.60. The van der Waals surface area contributed by atoms with Crippen LogP contribution >= 0.6 is 24.4 Å². The summed E-state index contributed by atoms with van der Waals surface area (Å²) < 4.78 is 0.305. The monoisotopic (exact) mass is 262 g/mol. The van der Waals surface area contributed by atoms with Gasteiger partial charge in [0.15, 0.2) is 0 Å². The largest absolute Gasteiger partial charge is 0.162 e. The average Bonchev–Trinajstić information content (AvgIpc) is 1.72. The van der Waals surface area contributed by atoms with E-state index in [4.69, 9.17) is 0 Å². The van der Waals surface area contributed by atoms with Gasteiger partial charge >= 0.3 is 0 Å². The number of rotatable bonds is 4. The number of thioether (sulfide) groups is 1. The Bertz CT molecular complexity index is 226. The summed E-state index contributed by atoms with van der Waals surface area (Å²) in [5.41, 5.74) is 0.675. The minimum absolute atomic E-state index is 0.0392. The maximum Gasteiger partial charge on any atom is 0.0530 e. The Morgan fingerprint density at radius 1 is 0.812 bits per heavy atom. The predicted octanol–water partition coefficient (Wildman–Crippen LogP) is 5.63. The quantitative estimate of drug-likeness (QED) is 0.506. The highest BCUT2D eigenvalue weighted by Gasteiger charge is 2.39. The van der Waals surface area contributed by atoms with Gasteiger partial charge in [0, 0.05) is 4.75 Å². The fraction of sp³-hybridized carbons (Fsp3) is 1.00. The van der Waals surface area contributed by atoms with Crippen molar-refractivity contribution in [1.82, 2.24) is 0 Å². The van der Waals surface area contributed by atoms with Crippen LogP contribution < -0.4 is 0 Å². The summed E-state index contributed by atoms with van der Waals surface area (Å²) in [4.78, 5) is 0. The van der Waals surface area contributed by atoms with Gasteiger partial charge in [-0.2, -0.15) is 12.6 Å². The van der Waals surface area contributed by atoms with E-state index in [0.29, 0.717) is 10.8 Å². The standard InChI is InChI=1S/C14H30S2/c1-11(2,3)12(4,5)10-13(6,7)16-14(8,9)15/h15H,10H2,1-9H3. The first-order valence-corrected chi connectivity index (χ1v) is 7.35. The van der Waals surface area contributed by atoms with Gasteiger partial charge in [0.05, 0.1) is 4.08 Å². The molecule has 0 aromatic heterocycles. The van der Waals surface area contributed by atoms with E-state index >= 15 is 0 Å². The summed E-state index contributed by atoms with van der Waals surface area (Å²) in [5.74, 6) is 0. The van der Waals surface area contributed by atoms with E-state index in [0.717, 1.165) is 0 Å². The number of thiol groups is 1. The highest BCUT2D eigenvalue weighted by atomic mass is 32.2. The maximum absolute atomic E-state index is 4.63. The molecule has 0 radical (unpaired) electrons. The third-order valence-electron chi connectivity index (χ3n) is 3.42. The van der Waals surface area contributed by atoms with E-state index in [1.807, 2.05) is 11.8 Å². The van der Waals surface area contributed by atoms with Crippen LogP contribution in [0.3, 0.4) is 0 Å². The lowest BCUT2D eigenvalue weighted by Gasteiger charge is -2.45. The molecule has 0 nitrogen and oxygen atoms in total. The van der Waals surface area contributed by atoms with Crippen molar-refractivity contribution in [2.45, 2.75) is 77.6 Å². The first kappa shape index (κ1) is 16.7. The molecule has 98 valence electrons. The lowest BCUT2D eigenvalue weighted by molar-refractivity contribution is 0.109. The Balaban J connectivity index is 4.72. The molecule has 0 bridgehead atoms. The van der Waals surface area contributed by atoms with Crippen LogP contribution in [0.5, 0.6) is 0 Å². The Morgan fingerprint density at radius 2 is 1.19 bits per heavy atom. The molecule has 0 saturated heterocycles. The second-order valence-electron chi connectivity index (χ2n) is 7.62. The van der Waals surface area contributed by atoms with E-state index in [-0.39, 0.29) is 8.83 Å². The van der Waals surface area contributed by atoms with Crippen LogP contribution in [0.4, 0.5) is 0 Å². The van der Waals surface area contributed by atoms with E-state index < -0.39 is 0 Å². The van der Waals surface area contributed by atoms with Crippen molar-refractivity contribution in [2.24, 2.45) is 10.8 Å². The molecule has 0 N–H and O–H groups in total. The molecule has 0 amide bonds. The molecule has 0 aliphatic rings. The number of hydrogen-bond acceptors (Lipinski definition) is 2. The molecular weight excluding hydrogens is 232 g/mol. The molecule has 0 aromatic rings. The molecule has 0 aliphatic heterocycles. The van der Waals surface area contributed by atoms with Crippen LogP contribution in [-0.4, -0.2) is 8.83 Å². The SMILES string of the molecule is CC(C)(S)SC(C)(C)CC(C)(C)C(C)(C)C. The Hall–Kier alpha value is 0.700. The zero-order valence-electron chi connectivity index (χ0n) is 12.6. The van der Waals surface area contributed by atoms with Crippen molar-refractivity contribution < 1.29 is 0 Å². The van der Waals surface area contributed by atoms with E-state index in [1.54, 1.807) is 0 Å². The summed E-state index contributed by atoms with van der Waals surface area (Å²) in [6.45, 7) is 20.8. The van der Waals surface area contributed by atoms with Gasteiger partial charge in [-0.1, -0.05) is 48.5 Å². The lowest BCUT2D eigenvalue weighted by atomic mass is 9.65. The molecule has 0 spiro atoms. The van der Waals surface area contributed by atoms with Gasteiger partial charge in [-0.15, -0.1) is 11.8 Å². The number of hydrogen-bond donors (Lipinski definition) is 1. The zero-order chi connectivity index (χ0) is 13.4. The van der Waals surface area contributed by atoms with Gasteiger partial charge in [-0.25, -0.2) is 0 Å². The molecule has 2 heteroatoms. The smallest absolute Gasteiger partial charge is 0.0530 e. The molecule has 0 fully saturated rings. The van der Waals surface area contributed by atoms with Gasteiger partial charge in [-0.05, 0) is 31.1 Å². The maximum atomic E-state index is 4.63. The van der Waals surface area contributed by atoms with Gasteiger partial charge in [0.2, 0.25) is 0 Å². The van der Waals surface area contributed by atoms with Crippen LogP contribution in [0.1, 0.15) is 68.7 Å². The molecule has 0 atom stereocenters. The minimum atomic E-state index is 0.0392. The van der Waals surface area contributed by atoms with E-state index in [1.165, 1.54) is 6.42 Å². The van der Waals surface area contributed by atoms with E-state index in [9.17, 15) is 0 Å². The van der Waals surface area contributed by atoms with Gasteiger partial charge in [-0.3, -0.25) is 0 Å². The van der Waals surface area contributed by atoms with Crippen molar-refractivity contribution in [3.8, 4) is 0 Å². The summed E-state index contributed by atoms with van der Waals surface area (Å²) in [6.07, 6.45) is 1.21. The molecule has 0 aliphatic carbocycles. The van der Waals surface area contributed by atoms with Crippen molar-refractivity contribution in [2.75, 3.05) is 0 Å². The summed E-state index contributed by atoms with van der Waals surface area (Å²) in [5, 5.41) is 0. The molecule has 0 rings (SSSR count). The first-order chi connectivity index (χ1) is 6.66. The Labute approximate surface area is 113 Å². The second kappa shape index (κ2) is 4.76. The van der Waals surface area contributed by atoms with Gasteiger partial charge < -0.3 is 0 Å². The average molecular weight is 263 g/mol. The van der Waals surface area contributed by atoms with Crippen molar-refractivity contribution >= 4 is 24.4 Å². The zero-order valence-corrected chi connectivity index (χ0v) is 14.3. The Kier molecular flexibility index (Phi) is 4.97. The van der Waals surface area contributed by atoms with Crippen molar-refractivity contribution in [3.05, 3.63) is 0 Å². The second-order valence-corrected chi connectivity index (χ2v) is 11.4. The first-order valence-electron chi connectivity index (χ1n) is 6.09. The van der Waals surface area contributed by atoms with Gasteiger partial charge in [0.1, 0.15) is 0 Å². The van der Waals surface area contributed by atoms with Crippen LogP contribution in [0, 0.1) is 10.8 Å². The summed E-state index contributed by atoms with van der Waals surface area (Å²) in [7, 11) is 0. The molecular formula is C14H30S2. The Morgan fingerprint density at radius 3 is 1.44 bits per heavy atom. The molecule has 0 aromatic carbocycles. The summed E-state index contributed by atoms with van der Waals surface area (Å²) in [6, 6.07) is 0. The highest BCUT2D eigenvalue weighted by Crippen LogP contribution is 2.50. The van der Waals surface area contributed by atoms with Gasteiger partial charge in [0.25, 0.3) is 0 Å². The van der Waals surface area contributed by atoms with Crippen molar-refractivity contribution in [1.29, 1.82) is 0 Å². The van der Waals surface area contributed by atoms with Crippen LogP contribution in [0.15, 0.2) is 0 Å². The normalized spacial score (nSPS) is 15.4. The minimum Gasteiger partial charge on any atom is -0.162 e. The molecule has 0 unspecified atom stereocenters. The third-order valence-corrected chi connectivity index (χ3v) is 4.89. The highest BCUT2D eigenvalue weighted by molar-refractivity contribution is 8.12. The fourth-order valence-electron chi connectivity index (χ4n) is 2.04. The lowest BCUT2D eigenvalue weighted by Crippen LogP contribution is -2.37. The van der Waals surface area contributed by atoms with Crippen LogP contribution in [0.2, 0.25) is 0 Å². The fourth-order valence-corrected chi connectivity index (χ4v) is 4.57. The van der Waals surface area contributed by atoms with Crippen molar-refractivity contribution in [3.63, 3.8) is 0 Å². The molecule has 16 heavy (non-hydrogen) atoms. The van der Waals surface area contributed by atoms with Crippen LogP contribution in [-0.2, 0) is 0 Å². The topological polar surface area (TPSA) is 0 Å². The molecule has 0 saturated carbocycles. The van der Waals surface area contributed by atoms with E-state index in [2.05, 4.69) is 74.9 Å². The third kappa shape index (κ3) is 5.86. The molecule has 0 heterocycles. The van der Waals surface area contributed by atoms with Crippen LogP contribution in [0.25, 0.3) is 0 Å². The predicted molar refractivity (Wildman–Crippen MR) is 82.6 cm³/mol.